The highest BCUT2D eigenvalue weighted by molar-refractivity contribution is 8.00. The van der Waals surface area contributed by atoms with Crippen LogP contribution in [0.2, 0.25) is 0 Å². The Morgan fingerprint density at radius 1 is 0.879 bits per heavy atom. The molecule has 1 N–H and O–H groups in total. The van der Waals surface area contributed by atoms with Crippen LogP contribution in [0.1, 0.15) is 25.0 Å². The number of amides is 2. The van der Waals surface area contributed by atoms with Crippen molar-refractivity contribution in [3.8, 4) is 0 Å². The summed E-state index contributed by atoms with van der Waals surface area (Å²) in [5, 5.41) is 2.97. The van der Waals surface area contributed by atoms with Gasteiger partial charge in [-0.3, -0.25) is 9.59 Å². The molecule has 3 aromatic rings. The molecular weight excluding hydrogens is 435 g/mol. The Morgan fingerprint density at radius 3 is 2.09 bits per heavy atom. The van der Waals surface area contributed by atoms with Crippen LogP contribution >= 0.6 is 11.8 Å². The van der Waals surface area contributed by atoms with Crippen molar-refractivity contribution < 1.29 is 14.0 Å². The molecular formula is C27H29FN2O2S. The van der Waals surface area contributed by atoms with Crippen molar-refractivity contribution in [1.82, 2.24) is 10.2 Å². The first kappa shape index (κ1) is 24.5. The number of benzene rings is 3. The van der Waals surface area contributed by atoms with E-state index in [0.717, 1.165) is 16.0 Å². The largest absolute Gasteiger partial charge is 0.352 e. The Kier molecular flexibility index (Phi) is 9.07. The van der Waals surface area contributed by atoms with E-state index >= 15 is 0 Å². The van der Waals surface area contributed by atoms with Gasteiger partial charge >= 0.3 is 0 Å². The molecule has 0 spiro atoms. The van der Waals surface area contributed by atoms with Gasteiger partial charge in [-0.05, 0) is 49.2 Å². The summed E-state index contributed by atoms with van der Waals surface area (Å²) in [5.41, 5.74) is 1.74. The van der Waals surface area contributed by atoms with Crippen LogP contribution in [0.3, 0.4) is 0 Å². The Hall–Kier alpha value is -3.12. The summed E-state index contributed by atoms with van der Waals surface area (Å²) in [6.07, 6.45) is 0.391. The molecule has 0 aromatic heterocycles. The van der Waals surface area contributed by atoms with Crippen molar-refractivity contribution in [3.63, 3.8) is 0 Å². The van der Waals surface area contributed by atoms with Crippen LogP contribution in [0.5, 0.6) is 0 Å². The van der Waals surface area contributed by atoms with E-state index in [1.54, 1.807) is 17.0 Å². The number of nitrogens with one attached hydrogen (secondary N) is 1. The summed E-state index contributed by atoms with van der Waals surface area (Å²) in [7, 11) is 0. The van der Waals surface area contributed by atoms with Gasteiger partial charge in [-0.2, -0.15) is 0 Å². The first-order valence-corrected chi connectivity index (χ1v) is 12.0. The maximum atomic E-state index is 13.5. The van der Waals surface area contributed by atoms with Gasteiger partial charge in [-0.1, -0.05) is 60.7 Å². The zero-order valence-electron chi connectivity index (χ0n) is 18.9. The van der Waals surface area contributed by atoms with Gasteiger partial charge in [0.2, 0.25) is 11.8 Å². The predicted octanol–water partition coefficient (Wildman–Crippen LogP) is 5.08. The van der Waals surface area contributed by atoms with E-state index in [0.29, 0.717) is 6.42 Å². The van der Waals surface area contributed by atoms with Crippen LogP contribution in [-0.4, -0.2) is 34.6 Å². The molecule has 3 aromatic carbocycles. The minimum atomic E-state index is -0.691. The lowest BCUT2D eigenvalue weighted by Gasteiger charge is -2.32. The van der Waals surface area contributed by atoms with Gasteiger partial charge in [0.15, 0.2) is 0 Å². The minimum absolute atomic E-state index is 0.0581. The van der Waals surface area contributed by atoms with Crippen molar-refractivity contribution in [3.05, 3.63) is 102 Å². The average molecular weight is 465 g/mol. The first-order chi connectivity index (χ1) is 15.9. The Labute approximate surface area is 199 Å². The second-order valence-corrected chi connectivity index (χ2v) is 9.17. The van der Waals surface area contributed by atoms with E-state index in [9.17, 15) is 14.0 Å². The van der Waals surface area contributed by atoms with Crippen LogP contribution in [0, 0.1) is 5.82 Å². The summed E-state index contributed by atoms with van der Waals surface area (Å²) in [6.45, 7) is 4.02. The maximum absolute atomic E-state index is 13.5. The normalized spacial score (nSPS) is 11.8. The Morgan fingerprint density at radius 2 is 1.48 bits per heavy atom. The number of carbonyl (C=O) groups excluding carboxylic acids is 2. The van der Waals surface area contributed by atoms with Crippen molar-refractivity contribution in [2.45, 2.75) is 43.8 Å². The summed E-state index contributed by atoms with van der Waals surface area (Å²) in [6, 6.07) is 24.7. The van der Waals surface area contributed by atoms with Crippen molar-refractivity contribution in [1.29, 1.82) is 0 Å². The fraction of sp³-hybridized carbons (Fsp3) is 0.259. The molecule has 4 nitrogen and oxygen atoms in total. The number of halogens is 1. The summed E-state index contributed by atoms with van der Waals surface area (Å²) in [4.78, 5) is 29.3. The zero-order chi connectivity index (χ0) is 23.6. The van der Waals surface area contributed by atoms with Crippen LogP contribution in [0.4, 0.5) is 4.39 Å². The molecule has 172 valence electrons. The fourth-order valence-corrected chi connectivity index (χ4v) is 4.27. The van der Waals surface area contributed by atoms with Gasteiger partial charge in [0.1, 0.15) is 11.9 Å². The molecule has 0 radical (unpaired) electrons. The first-order valence-electron chi connectivity index (χ1n) is 11.0. The second-order valence-electron chi connectivity index (χ2n) is 8.12. The molecule has 2 amide bonds. The van der Waals surface area contributed by atoms with Crippen molar-refractivity contribution in [2.24, 2.45) is 0 Å². The molecule has 33 heavy (non-hydrogen) atoms. The third-order valence-corrected chi connectivity index (χ3v) is 6.07. The van der Waals surface area contributed by atoms with Gasteiger partial charge in [0.25, 0.3) is 0 Å². The van der Waals surface area contributed by atoms with Gasteiger partial charge in [-0.25, -0.2) is 4.39 Å². The number of nitrogens with zero attached hydrogens (tertiary/aromatic N) is 1. The van der Waals surface area contributed by atoms with Crippen LogP contribution in [-0.2, 0) is 22.6 Å². The molecule has 0 aliphatic carbocycles. The van der Waals surface area contributed by atoms with Gasteiger partial charge in [-0.15, -0.1) is 11.8 Å². The molecule has 0 bridgehead atoms. The maximum Gasteiger partial charge on any atom is 0.243 e. The minimum Gasteiger partial charge on any atom is -0.352 e. The van der Waals surface area contributed by atoms with E-state index in [4.69, 9.17) is 0 Å². The molecule has 0 aliphatic rings. The van der Waals surface area contributed by atoms with E-state index in [1.807, 2.05) is 74.5 Å². The summed E-state index contributed by atoms with van der Waals surface area (Å²) < 4.78 is 13.5. The summed E-state index contributed by atoms with van der Waals surface area (Å²) >= 11 is 1.44. The van der Waals surface area contributed by atoms with E-state index in [1.165, 1.54) is 23.9 Å². The van der Waals surface area contributed by atoms with E-state index in [-0.39, 0.29) is 36.0 Å². The van der Waals surface area contributed by atoms with Gasteiger partial charge in [0.05, 0.1) is 5.75 Å². The molecule has 0 aliphatic heterocycles. The zero-order valence-corrected chi connectivity index (χ0v) is 19.7. The van der Waals surface area contributed by atoms with Gasteiger partial charge in [0, 0.05) is 23.9 Å². The van der Waals surface area contributed by atoms with Crippen LogP contribution in [0.25, 0.3) is 0 Å². The topological polar surface area (TPSA) is 49.4 Å². The number of rotatable bonds is 10. The monoisotopic (exact) mass is 464 g/mol. The predicted molar refractivity (Wildman–Crippen MR) is 131 cm³/mol. The van der Waals surface area contributed by atoms with E-state index < -0.39 is 6.04 Å². The van der Waals surface area contributed by atoms with Crippen LogP contribution < -0.4 is 5.32 Å². The van der Waals surface area contributed by atoms with Crippen molar-refractivity contribution >= 4 is 23.6 Å². The molecule has 0 saturated heterocycles. The number of hydrogen-bond acceptors (Lipinski definition) is 3. The third-order valence-electron chi connectivity index (χ3n) is 5.07. The lowest BCUT2D eigenvalue weighted by molar-refractivity contribution is -0.139. The molecule has 3 rings (SSSR count). The molecule has 6 heteroatoms. The average Bonchev–Trinajstić information content (AvgIpc) is 2.82. The van der Waals surface area contributed by atoms with Crippen LogP contribution in [0.15, 0.2) is 89.8 Å². The number of thioether (sulfide) groups is 1. The molecule has 0 unspecified atom stereocenters. The molecule has 0 fully saturated rings. The highest BCUT2D eigenvalue weighted by Crippen LogP contribution is 2.21. The third kappa shape index (κ3) is 7.75. The Balaban J connectivity index is 1.89. The van der Waals surface area contributed by atoms with Gasteiger partial charge < -0.3 is 10.2 Å². The molecule has 0 saturated carbocycles. The quantitative estimate of drug-likeness (QED) is 0.426. The summed E-state index contributed by atoms with van der Waals surface area (Å²) in [5.74, 6) is -0.484. The second kappa shape index (κ2) is 12.2. The van der Waals surface area contributed by atoms with E-state index in [2.05, 4.69) is 5.32 Å². The number of carbonyl (C=O) groups is 2. The standard InChI is InChI=1S/C27H29FN2O2S/c1-20(2)29-27(32)25(17-21-9-5-3-6-10-21)30(18-22-13-15-23(28)16-14-22)26(31)19-33-24-11-7-4-8-12-24/h3-16,20,25H,17-19H2,1-2H3,(H,29,32)/t25-/m0/s1. The SMILES string of the molecule is CC(C)NC(=O)[C@H](Cc1ccccc1)N(Cc1ccc(F)cc1)C(=O)CSc1ccccc1. The lowest BCUT2D eigenvalue weighted by Crippen LogP contribution is -2.52. The molecule has 0 heterocycles. The highest BCUT2D eigenvalue weighted by Gasteiger charge is 2.30. The van der Waals surface area contributed by atoms with Crippen molar-refractivity contribution in [2.75, 3.05) is 5.75 Å². The fourth-order valence-electron chi connectivity index (χ4n) is 3.47. The molecule has 1 atom stereocenters. The lowest BCUT2D eigenvalue weighted by atomic mass is 10.0. The smallest absolute Gasteiger partial charge is 0.243 e. The highest BCUT2D eigenvalue weighted by atomic mass is 32.2. The Bertz CT molecular complexity index is 1030. The number of hydrogen-bond donors (Lipinski definition) is 1.